The van der Waals surface area contributed by atoms with Crippen LogP contribution in [0.1, 0.15) is 33.1 Å². The first-order chi connectivity index (χ1) is 9.75. The first-order valence-corrected chi connectivity index (χ1v) is 7.91. The minimum atomic E-state index is -0.137. The Hall–Kier alpha value is -1.06. The molecule has 0 aliphatic heterocycles. The molecule has 1 saturated carbocycles. The fourth-order valence-corrected chi connectivity index (χ4v) is 2.94. The Morgan fingerprint density at radius 1 is 1.25 bits per heavy atom. The van der Waals surface area contributed by atoms with Crippen LogP contribution in [0, 0.1) is 5.92 Å². The van der Waals surface area contributed by atoms with Gasteiger partial charge in [0, 0.05) is 18.8 Å². The fourth-order valence-electron chi connectivity index (χ4n) is 2.94. The van der Waals surface area contributed by atoms with E-state index in [1.165, 1.54) is 18.5 Å². The van der Waals surface area contributed by atoms with Gasteiger partial charge in [-0.15, -0.1) is 0 Å². The number of benzene rings is 1. The van der Waals surface area contributed by atoms with E-state index in [2.05, 4.69) is 48.3 Å². The number of nitrogens with zero attached hydrogens (tertiary/aromatic N) is 1. The molecular weight excluding hydrogens is 248 g/mol. The van der Waals surface area contributed by atoms with Gasteiger partial charge in [-0.05, 0) is 50.8 Å². The Balaban J connectivity index is 2.12. The molecule has 1 fully saturated rings. The lowest BCUT2D eigenvalue weighted by Crippen LogP contribution is -2.58. The second kappa shape index (κ2) is 7.09. The predicted octanol–water partition coefficient (Wildman–Crippen LogP) is 2.65. The molecule has 0 saturated heterocycles. The molecule has 0 bridgehead atoms. The van der Waals surface area contributed by atoms with Crippen LogP contribution >= 0.6 is 0 Å². The third-order valence-corrected chi connectivity index (χ3v) is 4.34. The van der Waals surface area contributed by atoms with E-state index in [-0.39, 0.29) is 12.1 Å². The van der Waals surface area contributed by atoms with Gasteiger partial charge in [0.2, 0.25) is 0 Å². The lowest BCUT2D eigenvalue weighted by molar-refractivity contribution is 0.144. The summed E-state index contributed by atoms with van der Waals surface area (Å²) in [5.41, 5.74) is 1.11. The van der Waals surface area contributed by atoms with Gasteiger partial charge in [-0.25, -0.2) is 0 Å². The average Bonchev–Trinajstić information content (AvgIpc) is 3.34. The molecule has 1 unspecified atom stereocenters. The van der Waals surface area contributed by atoms with E-state index in [9.17, 15) is 5.11 Å². The quantitative estimate of drug-likeness (QED) is 0.728. The Morgan fingerprint density at radius 3 is 2.45 bits per heavy atom. The number of nitrogens with one attached hydrogen (secondary N) is 1. The summed E-state index contributed by atoms with van der Waals surface area (Å²) in [6.07, 6.45) is 3.58. The SMILES string of the molecule is CCCNC(CO)(CN(CC)c1ccccc1)C1CC1. The van der Waals surface area contributed by atoms with Crippen LogP contribution in [0.25, 0.3) is 0 Å². The summed E-state index contributed by atoms with van der Waals surface area (Å²) in [4.78, 5) is 2.37. The second-order valence-corrected chi connectivity index (χ2v) is 5.87. The Bertz CT molecular complexity index is 391. The summed E-state index contributed by atoms with van der Waals surface area (Å²) in [5, 5.41) is 13.7. The van der Waals surface area contributed by atoms with Crippen LogP contribution in [0.15, 0.2) is 30.3 Å². The Morgan fingerprint density at radius 2 is 1.95 bits per heavy atom. The van der Waals surface area contributed by atoms with E-state index >= 15 is 0 Å². The summed E-state index contributed by atoms with van der Waals surface area (Å²) in [5.74, 6) is 0.622. The summed E-state index contributed by atoms with van der Waals surface area (Å²) in [7, 11) is 0. The van der Waals surface area contributed by atoms with E-state index in [1.807, 2.05) is 6.07 Å². The van der Waals surface area contributed by atoms with Crippen molar-refractivity contribution in [3.05, 3.63) is 30.3 Å². The van der Waals surface area contributed by atoms with Crippen LogP contribution in [0.3, 0.4) is 0 Å². The predicted molar refractivity (Wildman–Crippen MR) is 85.2 cm³/mol. The fraction of sp³-hybridized carbons (Fsp3) is 0.647. The molecule has 112 valence electrons. The maximum absolute atomic E-state index is 10.0. The summed E-state index contributed by atoms with van der Waals surface area (Å²) >= 11 is 0. The smallest absolute Gasteiger partial charge is 0.0633 e. The lowest BCUT2D eigenvalue weighted by atomic mass is 9.92. The molecule has 1 aromatic rings. The van der Waals surface area contributed by atoms with Gasteiger partial charge < -0.3 is 15.3 Å². The molecular formula is C17H28N2O. The van der Waals surface area contributed by atoms with Crippen LogP contribution in [0.4, 0.5) is 5.69 Å². The van der Waals surface area contributed by atoms with Crippen molar-refractivity contribution in [3.63, 3.8) is 0 Å². The number of likely N-dealkylation sites (N-methyl/N-ethyl adjacent to an activating group) is 1. The molecule has 1 atom stereocenters. The van der Waals surface area contributed by atoms with E-state index in [4.69, 9.17) is 0 Å². The molecule has 0 aromatic heterocycles. The standard InChI is InChI=1S/C17H28N2O/c1-3-12-18-17(14-20,15-10-11-15)13-19(4-2)16-8-6-5-7-9-16/h5-9,15,18,20H,3-4,10-14H2,1-2H3. The van der Waals surface area contributed by atoms with Gasteiger partial charge in [-0.2, -0.15) is 0 Å². The molecule has 1 aliphatic rings. The van der Waals surface area contributed by atoms with Gasteiger partial charge in [-0.1, -0.05) is 25.1 Å². The number of hydrogen-bond acceptors (Lipinski definition) is 3. The lowest BCUT2D eigenvalue weighted by Gasteiger charge is -2.39. The van der Waals surface area contributed by atoms with Gasteiger partial charge in [0.05, 0.1) is 12.1 Å². The molecule has 0 heterocycles. The molecule has 2 rings (SSSR count). The van der Waals surface area contributed by atoms with Crippen molar-refractivity contribution in [1.82, 2.24) is 5.32 Å². The molecule has 2 N–H and O–H groups in total. The van der Waals surface area contributed by atoms with E-state index < -0.39 is 0 Å². The zero-order valence-electron chi connectivity index (χ0n) is 12.8. The van der Waals surface area contributed by atoms with Crippen molar-refractivity contribution in [2.24, 2.45) is 5.92 Å². The maximum atomic E-state index is 10.0. The number of anilines is 1. The van der Waals surface area contributed by atoms with Crippen molar-refractivity contribution in [1.29, 1.82) is 0 Å². The maximum Gasteiger partial charge on any atom is 0.0633 e. The molecule has 1 aliphatic carbocycles. The van der Waals surface area contributed by atoms with Crippen LogP contribution < -0.4 is 10.2 Å². The molecule has 0 spiro atoms. The summed E-state index contributed by atoms with van der Waals surface area (Å²) in [6, 6.07) is 10.5. The highest BCUT2D eigenvalue weighted by molar-refractivity contribution is 5.46. The summed E-state index contributed by atoms with van der Waals surface area (Å²) in [6.45, 7) is 7.41. The van der Waals surface area contributed by atoms with Crippen LogP contribution in [0.2, 0.25) is 0 Å². The largest absolute Gasteiger partial charge is 0.394 e. The zero-order valence-corrected chi connectivity index (χ0v) is 12.8. The van der Waals surface area contributed by atoms with Crippen LogP contribution in [0.5, 0.6) is 0 Å². The normalized spacial score (nSPS) is 17.8. The Labute approximate surface area is 123 Å². The second-order valence-electron chi connectivity index (χ2n) is 5.87. The zero-order chi connectivity index (χ0) is 14.4. The van der Waals surface area contributed by atoms with E-state index in [0.717, 1.165) is 26.1 Å². The Kier molecular flexibility index (Phi) is 5.44. The highest BCUT2D eigenvalue weighted by Gasteiger charge is 2.45. The molecule has 0 radical (unpaired) electrons. The number of aliphatic hydroxyl groups is 1. The van der Waals surface area contributed by atoms with Gasteiger partial charge >= 0.3 is 0 Å². The number of para-hydroxylation sites is 1. The number of aliphatic hydroxyl groups excluding tert-OH is 1. The molecule has 3 heteroatoms. The van der Waals surface area contributed by atoms with Gasteiger partial charge in [0.25, 0.3) is 0 Å². The van der Waals surface area contributed by atoms with E-state index in [1.54, 1.807) is 0 Å². The minimum Gasteiger partial charge on any atom is -0.394 e. The third kappa shape index (κ3) is 3.53. The molecule has 1 aromatic carbocycles. The van der Waals surface area contributed by atoms with Crippen molar-refractivity contribution in [2.75, 3.05) is 31.1 Å². The number of hydrogen-bond donors (Lipinski definition) is 2. The first-order valence-electron chi connectivity index (χ1n) is 7.91. The van der Waals surface area contributed by atoms with E-state index in [0.29, 0.717) is 5.92 Å². The highest BCUT2D eigenvalue weighted by Crippen LogP contribution is 2.40. The van der Waals surface area contributed by atoms with Crippen molar-refractivity contribution in [2.45, 2.75) is 38.6 Å². The monoisotopic (exact) mass is 276 g/mol. The molecule has 0 amide bonds. The first kappa shape index (κ1) is 15.3. The average molecular weight is 276 g/mol. The third-order valence-electron chi connectivity index (χ3n) is 4.34. The van der Waals surface area contributed by atoms with Gasteiger partial charge in [0.15, 0.2) is 0 Å². The number of rotatable bonds is 9. The van der Waals surface area contributed by atoms with Gasteiger partial charge in [-0.3, -0.25) is 0 Å². The summed E-state index contributed by atoms with van der Waals surface area (Å²) < 4.78 is 0. The highest BCUT2D eigenvalue weighted by atomic mass is 16.3. The van der Waals surface area contributed by atoms with Crippen molar-refractivity contribution in [3.8, 4) is 0 Å². The van der Waals surface area contributed by atoms with Crippen LogP contribution in [-0.4, -0.2) is 36.9 Å². The minimum absolute atomic E-state index is 0.137. The van der Waals surface area contributed by atoms with Crippen molar-refractivity contribution >= 4 is 5.69 Å². The van der Waals surface area contributed by atoms with Gasteiger partial charge in [0.1, 0.15) is 0 Å². The molecule has 3 nitrogen and oxygen atoms in total. The topological polar surface area (TPSA) is 35.5 Å². The molecule has 20 heavy (non-hydrogen) atoms. The van der Waals surface area contributed by atoms with Crippen molar-refractivity contribution < 1.29 is 5.11 Å². The van der Waals surface area contributed by atoms with Crippen LogP contribution in [-0.2, 0) is 0 Å².